The van der Waals surface area contributed by atoms with Crippen LogP contribution in [0.2, 0.25) is 0 Å². The van der Waals surface area contributed by atoms with Crippen LogP contribution in [0, 0.1) is 6.92 Å². The van der Waals surface area contributed by atoms with Gasteiger partial charge >= 0.3 is 12.7 Å². The van der Waals surface area contributed by atoms with E-state index >= 15 is 0 Å². The van der Waals surface area contributed by atoms with E-state index in [-0.39, 0.29) is 30.5 Å². The highest BCUT2D eigenvalue weighted by Gasteiger charge is 2.49. The molecule has 2 amide bonds. The minimum absolute atomic E-state index is 0.0188. The summed E-state index contributed by atoms with van der Waals surface area (Å²) in [5.74, 6) is -0.330. The number of ether oxygens (including phenoxy) is 3. The van der Waals surface area contributed by atoms with E-state index in [1.165, 1.54) is 11.0 Å². The topological polar surface area (TPSA) is 81.2 Å². The third-order valence-corrected chi connectivity index (χ3v) is 5.05. The summed E-state index contributed by atoms with van der Waals surface area (Å²) in [6, 6.07) is 2.99. The second-order valence-electron chi connectivity index (χ2n) is 8.46. The SMILES string of the molecule is Cc1ccc(OC(F)F)c(CN2C(=O)COC23CCN(C(=O)OC(C)(C)C)CC3)n1. The van der Waals surface area contributed by atoms with Crippen LogP contribution < -0.4 is 4.74 Å². The van der Waals surface area contributed by atoms with Gasteiger partial charge in [0.25, 0.3) is 5.91 Å². The lowest BCUT2D eigenvalue weighted by Gasteiger charge is -2.43. The molecule has 10 heteroatoms. The van der Waals surface area contributed by atoms with Crippen LogP contribution in [-0.4, -0.2) is 64.4 Å². The van der Waals surface area contributed by atoms with Crippen molar-refractivity contribution in [2.45, 2.75) is 65.0 Å². The van der Waals surface area contributed by atoms with Crippen molar-refractivity contribution in [1.29, 1.82) is 0 Å². The number of aryl methyl sites for hydroxylation is 1. The number of hydrogen-bond acceptors (Lipinski definition) is 6. The molecule has 0 N–H and O–H groups in total. The van der Waals surface area contributed by atoms with E-state index in [9.17, 15) is 18.4 Å². The second-order valence-corrected chi connectivity index (χ2v) is 8.46. The highest BCUT2D eigenvalue weighted by atomic mass is 19.3. The molecule has 166 valence electrons. The normalized spacial score (nSPS) is 19.0. The van der Waals surface area contributed by atoms with Crippen LogP contribution in [-0.2, 0) is 20.8 Å². The number of rotatable bonds is 4. The monoisotopic (exact) mass is 427 g/mol. The minimum atomic E-state index is -3.00. The van der Waals surface area contributed by atoms with Gasteiger partial charge in [0.2, 0.25) is 0 Å². The number of hydrogen-bond donors (Lipinski definition) is 0. The van der Waals surface area contributed by atoms with E-state index < -0.39 is 24.0 Å². The lowest BCUT2D eigenvalue weighted by atomic mass is 9.98. The summed E-state index contributed by atoms with van der Waals surface area (Å²) in [4.78, 5) is 32.3. The average Bonchev–Trinajstić information content (AvgIpc) is 2.92. The molecule has 1 aromatic rings. The maximum atomic E-state index is 12.8. The average molecular weight is 427 g/mol. The summed E-state index contributed by atoms with van der Waals surface area (Å²) >= 11 is 0. The first-order valence-corrected chi connectivity index (χ1v) is 9.83. The molecule has 2 aliphatic rings. The van der Waals surface area contributed by atoms with Crippen LogP contribution in [0.3, 0.4) is 0 Å². The zero-order chi connectivity index (χ0) is 22.1. The van der Waals surface area contributed by atoms with E-state index in [1.54, 1.807) is 38.7 Å². The zero-order valence-corrected chi connectivity index (χ0v) is 17.6. The first-order chi connectivity index (χ1) is 14.0. The van der Waals surface area contributed by atoms with E-state index in [1.807, 2.05) is 0 Å². The molecule has 2 aliphatic heterocycles. The number of halogens is 2. The third kappa shape index (κ3) is 4.97. The molecule has 0 saturated carbocycles. The van der Waals surface area contributed by atoms with Gasteiger partial charge in [0, 0.05) is 31.6 Å². The predicted octanol–water partition coefficient (Wildman–Crippen LogP) is 3.08. The molecule has 0 atom stereocenters. The molecule has 0 bridgehead atoms. The van der Waals surface area contributed by atoms with Gasteiger partial charge in [-0.15, -0.1) is 0 Å². The molecular formula is C20H27F2N3O5. The number of amides is 2. The quantitative estimate of drug-likeness (QED) is 0.735. The number of aromatic nitrogens is 1. The van der Waals surface area contributed by atoms with Gasteiger partial charge in [0.1, 0.15) is 29.4 Å². The smallest absolute Gasteiger partial charge is 0.410 e. The van der Waals surface area contributed by atoms with Crippen molar-refractivity contribution in [2.24, 2.45) is 0 Å². The zero-order valence-electron chi connectivity index (χ0n) is 17.6. The lowest BCUT2D eigenvalue weighted by molar-refractivity contribution is -0.143. The number of likely N-dealkylation sites (tertiary alicyclic amines) is 1. The van der Waals surface area contributed by atoms with Crippen molar-refractivity contribution in [1.82, 2.24) is 14.8 Å². The molecule has 1 spiro atoms. The van der Waals surface area contributed by atoms with Crippen LogP contribution in [0.1, 0.15) is 45.0 Å². The fourth-order valence-corrected chi connectivity index (χ4v) is 3.65. The molecule has 1 aromatic heterocycles. The minimum Gasteiger partial charge on any atom is -0.444 e. The standard InChI is InChI=1S/C20H27F2N3O5/c1-13-5-6-15(29-17(21)22)14(23-13)11-25-16(26)12-28-20(25)7-9-24(10-8-20)18(27)30-19(2,3)4/h5-6,17H,7-12H2,1-4H3. The van der Waals surface area contributed by atoms with Crippen molar-refractivity contribution in [3.8, 4) is 5.75 Å². The Bertz CT molecular complexity index is 804. The summed E-state index contributed by atoms with van der Waals surface area (Å²) in [5, 5.41) is 0. The van der Waals surface area contributed by atoms with Gasteiger partial charge in [-0.25, -0.2) is 4.79 Å². The van der Waals surface area contributed by atoms with Crippen LogP contribution in [0.25, 0.3) is 0 Å². The van der Waals surface area contributed by atoms with Gasteiger partial charge in [0.05, 0.1) is 6.54 Å². The fourth-order valence-electron chi connectivity index (χ4n) is 3.65. The van der Waals surface area contributed by atoms with E-state index in [0.29, 0.717) is 31.6 Å². The first-order valence-electron chi connectivity index (χ1n) is 9.83. The van der Waals surface area contributed by atoms with Gasteiger partial charge in [0.15, 0.2) is 0 Å². The molecule has 8 nitrogen and oxygen atoms in total. The number of piperidine rings is 1. The van der Waals surface area contributed by atoms with Gasteiger partial charge in [-0.2, -0.15) is 8.78 Å². The maximum Gasteiger partial charge on any atom is 0.410 e. The number of carbonyl (C=O) groups is 2. The lowest BCUT2D eigenvalue weighted by Crippen LogP contribution is -2.55. The second kappa shape index (κ2) is 8.33. The molecule has 3 heterocycles. The molecule has 2 saturated heterocycles. The summed E-state index contributed by atoms with van der Waals surface area (Å²) in [5.41, 5.74) is -0.657. The van der Waals surface area contributed by atoms with Crippen LogP contribution in [0.15, 0.2) is 12.1 Å². The summed E-state index contributed by atoms with van der Waals surface area (Å²) in [7, 11) is 0. The summed E-state index contributed by atoms with van der Waals surface area (Å²) in [6.45, 7) is 4.69. The largest absolute Gasteiger partial charge is 0.444 e. The Morgan fingerprint density at radius 1 is 1.30 bits per heavy atom. The van der Waals surface area contributed by atoms with Crippen molar-refractivity contribution in [3.63, 3.8) is 0 Å². The third-order valence-electron chi connectivity index (χ3n) is 5.05. The van der Waals surface area contributed by atoms with Crippen molar-refractivity contribution in [3.05, 3.63) is 23.5 Å². The Morgan fingerprint density at radius 2 is 1.97 bits per heavy atom. The molecule has 30 heavy (non-hydrogen) atoms. The predicted molar refractivity (Wildman–Crippen MR) is 102 cm³/mol. The van der Waals surface area contributed by atoms with Gasteiger partial charge in [-0.3, -0.25) is 9.78 Å². The maximum absolute atomic E-state index is 12.8. The van der Waals surface area contributed by atoms with Crippen molar-refractivity contribution >= 4 is 12.0 Å². The molecule has 0 aromatic carbocycles. The number of pyridine rings is 1. The van der Waals surface area contributed by atoms with Gasteiger partial charge < -0.3 is 24.0 Å². The van der Waals surface area contributed by atoms with E-state index in [2.05, 4.69) is 9.72 Å². The molecule has 2 fully saturated rings. The Kier molecular flexibility index (Phi) is 6.16. The summed E-state index contributed by atoms with van der Waals surface area (Å²) in [6.07, 6.45) is 0.352. The highest BCUT2D eigenvalue weighted by Crippen LogP contribution is 2.37. The molecule has 0 unspecified atom stereocenters. The Balaban J connectivity index is 1.75. The molecule has 0 aliphatic carbocycles. The Labute approximate surface area is 174 Å². The Hall–Kier alpha value is -2.49. The molecule has 0 radical (unpaired) electrons. The van der Waals surface area contributed by atoms with Gasteiger partial charge in [-0.05, 0) is 39.8 Å². The van der Waals surface area contributed by atoms with E-state index in [0.717, 1.165) is 0 Å². The number of alkyl halides is 2. The van der Waals surface area contributed by atoms with Crippen LogP contribution in [0.5, 0.6) is 5.75 Å². The number of nitrogens with zero attached hydrogens (tertiary/aromatic N) is 3. The fraction of sp³-hybridized carbons (Fsp3) is 0.650. The Morgan fingerprint density at radius 3 is 2.57 bits per heavy atom. The van der Waals surface area contributed by atoms with E-state index in [4.69, 9.17) is 9.47 Å². The molecular weight excluding hydrogens is 400 g/mol. The molecule has 3 rings (SSSR count). The van der Waals surface area contributed by atoms with Crippen LogP contribution >= 0.6 is 0 Å². The van der Waals surface area contributed by atoms with Crippen molar-refractivity contribution < 1.29 is 32.6 Å². The van der Waals surface area contributed by atoms with Crippen LogP contribution in [0.4, 0.5) is 13.6 Å². The first kappa shape index (κ1) is 22.2. The number of carbonyl (C=O) groups excluding carboxylic acids is 2. The van der Waals surface area contributed by atoms with Gasteiger partial charge in [-0.1, -0.05) is 0 Å². The van der Waals surface area contributed by atoms with Crippen molar-refractivity contribution in [2.75, 3.05) is 19.7 Å². The highest BCUT2D eigenvalue weighted by molar-refractivity contribution is 5.80. The summed E-state index contributed by atoms with van der Waals surface area (Å²) < 4.78 is 41.4.